The third-order valence-electron chi connectivity index (χ3n) is 3.92. The van der Waals surface area contributed by atoms with E-state index < -0.39 is 34.8 Å². The summed E-state index contributed by atoms with van der Waals surface area (Å²) in [6.45, 7) is 4.88. The van der Waals surface area contributed by atoms with Crippen LogP contribution in [0.5, 0.6) is 11.5 Å². The van der Waals surface area contributed by atoms with Crippen LogP contribution in [0.3, 0.4) is 0 Å². The first-order valence-corrected chi connectivity index (χ1v) is 10.9. The lowest BCUT2D eigenvalue weighted by Crippen LogP contribution is -2.26. The molecule has 0 N–H and O–H groups in total. The van der Waals surface area contributed by atoms with E-state index in [2.05, 4.69) is 4.74 Å². The van der Waals surface area contributed by atoms with Gasteiger partial charge < -0.3 is 14.2 Å². The second-order valence-electron chi connectivity index (χ2n) is 7.66. The van der Waals surface area contributed by atoms with Crippen LogP contribution in [0.1, 0.15) is 20.8 Å². The van der Waals surface area contributed by atoms with Crippen LogP contribution in [-0.2, 0) is 15.6 Å². The molecular weight excluding hydrogens is 441 g/mol. The molecule has 0 aliphatic carbocycles. The molecule has 0 spiro atoms. The van der Waals surface area contributed by atoms with Crippen molar-refractivity contribution in [2.45, 2.75) is 47.4 Å². The van der Waals surface area contributed by atoms with E-state index in [-0.39, 0.29) is 5.75 Å². The first kappa shape index (κ1) is 23.5. The summed E-state index contributed by atoms with van der Waals surface area (Å²) in [5.74, 6) is -1.00. The molecule has 0 atom stereocenters. The first-order chi connectivity index (χ1) is 15.0. The second-order valence-corrected chi connectivity index (χ2v) is 9.68. The number of hydrogen-bond acceptors (Lipinski definition) is 4. The van der Waals surface area contributed by atoms with E-state index in [1.807, 2.05) is 60.7 Å². The molecule has 0 fully saturated rings. The van der Waals surface area contributed by atoms with Crippen LogP contribution in [0.4, 0.5) is 18.0 Å². The Morgan fingerprint density at radius 2 is 1.28 bits per heavy atom. The van der Waals surface area contributed by atoms with E-state index in [1.165, 1.54) is 12.1 Å². The summed E-state index contributed by atoms with van der Waals surface area (Å²) in [6, 6.07) is 23.1. The van der Waals surface area contributed by atoms with E-state index >= 15 is 0 Å². The summed E-state index contributed by atoms with van der Waals surface area (Å²) in [6.07, 6.45) is -6.07. The van der Waals surface area contributed by atoms with Gasteiger partial charge in [0.15, 0.2) is 26.2 Å². The lowest BCUT2D eigenvalue weighted by molar-refractivity contribution is -0.275. The highest BCUT2D eigenvalue weighted by atomic mass is 32.2. The van der Waals surface area contributed by atoms with Crippen molar-refractivity contribution in [1.82, 2.24) is 0 Å². The third kappa shape index (κ3) is 6.68. The summed E-state index contributed by atoms with van der Waals surface area (Å²) in [5.41, 5.74) is -0.877. The van der Waals surface area contributed by atoms with Gasteiger partial charge in [-0.3, -0.25) is 0 Å². The molecule has 168 valence electrons. The van der Waals surface area contributed by atoms with Gasteiger partial charge in [0.1, 0.15) is 5.60 Å². The highest BCUT2D eigenvalue weighted by Crippen LogP contribution is 2.39. The average molecular weight is 463 g/mol. The van der Waals surface area contributed by atoms with Crippen LogP contribution in [-0.4, -0.2) is 18.1 Å². The fourth-order valence-corrected chi connectivity index (χ4v) is 4.89. The van der Waals surface area contributed by atoms with E-state index in [1.54, 1.807) is 20.8 Å². The molecule has 0 heterocycles. The maximum atomic E-state index is 12.9. The van der Waals surface area contributed by atoms with Crippen molar-refractivity contribution >= 4 is 17.1 Å². The van der Waals surface area contributed by atoms with Gasteiger partial charge in [0.25, 0.3) is 0 Å². The van der Waals surface area contributed by atoms with E-state index in [4.69, 9.17) is 9.47 Å². The minimum atomic E-state index is -4.95. The molecule has 0 aliphatic rings. The lowest BCUT2D eigenvalue weighted by atomic mass is 10.2. The zero-order chi connectivity index (χ0) is 23.4. The molecule has 3 aromatic rings. The number of hydrogen-bond donors (Lipinski definition) is 0. The molecule has 0 aliphatic heterocycles. The highest BCUT2D eigenvalue weighted by molar-refractivity contribution is 7.97. The number of alkyl halides is 3. The average Bonchev–Trinajstić information content (AvgIpc) is 2.69. The summed E-state index contributed by atoms with van der Waals surface area (Å²) in [7, 11) is -0.659. The van der Waals surface area contributed by atoms with Crippen LogP contribution >= 0.6 is 0 Å². The van der Waals surface area contributed by atoms with Crippen molar-refractivity contribution in [2.24, 2.45) is 0 Å². The van der Waals surface area contributed by atoms with Crippen molar-refractivity contribution in [3.63, 3.8) is 0 Å². The molecule has 3 rings (SSSR count). The van der Waals surface area contributed by atoms with E-state index in [9.17, 15) is 18.0 Å². The summed E-state index contributed by atoms with van der Waals surface area (Å²) >= 11 is 0. The molecule has 0 amide bonds. The predicted octanol–water partition coefficient (Wildman–Crippen LogP) is 6.99. The minimum Gasteiger partial charge on any atom is -0.428 e. The third-order valence-corrected chi connectivity index (χ3v) is 6.13. The summed E-state index contributed by atoms with van der Waals surface area (Å²) in [4.78, 5) is 14.7. The maximum absolute atomic E-state index is 12.9. The van der Waals surface area contributed by atoms with Crippen LogP contribution < -0.4 is 9.47 Å². The Hall–Kier alpha value is -3.13. The molecule has 32 heavy (non-hydrogen) atoms. The Morgan fingerprint density at radius 3 is 1.75 bits per heavy atom. The number of rotatable bonds is 5. The van der Waals surface area contributed by atoms with Crippen molar-refractivity contribution in [1.29, 1.82) is 0 Å². The molecule has 8 heteroatoms. The molecule has 0 saturated carbocycles. The van der Waals surface area contributed by atoms with Crippen LogP contribution in [0.15, 0.2) is 93.5 Å². The molecule has 0 unspecified atom stereocenters. The van der Waals surface area contributed by atoms with Crippen molar-refractivity contribution in [2.75, 3.05) is 0 Å². The van der Waals surface area contributed by atoms with Gasteiger partial charge in [-0.15, -0.1) is 13.2 Å². The van der Waals surface area contributed by atoms with Gasteiger partial charge in [0.2, 0.25) is 0 Å². The largest absolute Gasteiger partial charge is 0.573 e. The van der Waals surface area contributed by atoms with E-state index in [0.717, 1.165) is 15.9 Å². The van der Waals surface area contributed by atoms with Gasteiger partial charge in [-0.25, -0.2) is 4.79 Å². The SMILES string of the molecule is CC(C)(C)OC(=O)Oc1cc([S+](c2ccccc2)c2ccccc2)ccc1OC(F)(F)F. The monoisotopic (exact) mass is 463 g/mol. The maximum Gasteiger partial charge on any atom is 0.573 e. The van der Waals surface area contributed by atoms with Crippen LogP contribution in [0.25, 0.3) is 0 Å². The zero-order valence-corrected chi connectivity index (χ0v) is 18.5. The Bertz CT molecular complexity index is 1010. The molecule has 0 aromatic heterocycles. The molecule has 4 nitrogen and oxygen atoms in total. The van der Waals surface area contributed by atoms with Gasteiger partial charge in [-0.1, -0.05) is 36.4 Å². The smallest absolute Gasteiger partial charge is 0.428 e. The van der Waals surface area contributed by atoms with Crippen LogP contribution in [0, 0.1) is 0 Å². The zero-order valence-electron chi connectivity index (χ0n) is 17.7. The molecule has 3 aromatic carbocycles. The highest BCUT2D eigenvalue weighted by Gasteiger charge is 2.35. The Kier molecular flexibility index (Phi) is 7.03. The van der Waals surface area contributed by atoms with Crippen molar-refractivity contribution in [3.05, 3.63) is 78.9 Å². The first-order valence-electron chi connectivity index (χ1n) is 9.67. The Labute approximate surface area is 187 Å². The van der Waals surface area contributed by atoms with Gasteiger partial charge in [0, 0.05) is 6.07 Å². The van der Waals surface area contributed by atoms with Gasteiger partial charge in [0.05, 0.1) is 10.9 Å². The Balaban J connectivity index is 2.07. The second kappa shape index (κ2) is 9.56. The van der Waals surface area contributed by atoms with Crippen molar-refractivity contribution < 1.29 is 32.2 Å². The normalized spacial score (nSPS) is 11.8. The van der Waals surface area contributed by atoms with Gasteiger partial charge >= 0.3 is 12.5 Å². The molecule has 0 saturated heterocycles. The Morgan fingerprint density at radius 1 is 0.750 bits per heavy atom. The fourth-order valence-electron chi connectivity index (χ4n) is 2.79. The van der Waals surface area contributed by atoms with E-state index in [0.29, 0.717) is 4.90 Å². The summed E-state index contributed by atoms with van der Waals surface area (Å²) in [5, 5.41) is 0. The number of halogens is 3. The van der Waals surface area contributed by atoms with Crippen molar-refractivity contribution in [3.8, 4) is 11.5 Å². The van der Waals surface area contributed by atoms with Gasteiger partial charge in [-0.2, -0.15) is 0 Å². The molecule has 0 bridgehead atoms. The quantitative estimate of drug-likeness (QED) is 0.232. The minimum absolute atomic E-state index is 0.376. The number of carbonyl (C=O) groups excluding carboxylic acids is 1. The number of benzene rings is 3. The fraction of sp³-hybridized carbons (Fsp3) is 0.208. The molecular formula is C24H22F3O4S+. The lowest BCUT2D eigenvalue weighted by Gasteiger charge is -2.20. The van der Waals surface area contributed by atoms with Gasteiger partial charge in [-0.05, 0) is 57.2 Å². The topological polar surface area (TPSA) is 44.8 Å². The van der Waals surface area contributed by atoms with Crippen LogP contribution in [0.2, 0.25) is 0 Å². The number of ether oxygens (including phenoxy) is 3. The number of carbonyl (C=O) groups is 1. The molecule has 0 radical (unpaired) electrons. The predicted molar refractivity (Wildman–Crippen MR) is 115 cm³/mol. The summed E-state index contributed by atoms with van der Waals surface area (Å²) < 4.78 is 53.1. The standard InChI is InChI=1S/C24H22F3O4S/c1-23(2,3)31-22(28)29-21-16-19(14-15-20(21)30-24(25,26)27)32(17-10-6-4-7-11-17)18-12-8-5-9-13-18/h4-16H,1-3H3/q+1.